The lowest BCUT2D eigenvalue weighted by Crippen LogP contribution is -2.18. The van der Waals surface area contributed by atoms with Crippen LogP contribution >= 0.6 is 38.9 Å². The van der Waals surface area contributed by atoms with E-state index in [-0.39, 0.29) is 5.91 Å². The number of amides is 1. The van der Waals surface area contributed by atoms with Crippen molar-refractivity contribution in [1.82, 2.24) is 4.57 Å². The predicted molar refractivity (Wildman–Crippen MR) is 110 cm³/mol. The van der Waals surface area contributed by atoms with Gasteiger partial charge in [-0.25, -0.2) is 0 Å². The topological polar surface area (TPSA) is 43.6 Å². The van der Waals surface area contributed by atoms with Gasteiger partial charge in [0.05, 0.1) is 16.8 Å². The molecule has 0 saturated carbocycles. The van der Waals surface area contributed by atoms with Crippen molar-refractivity contribution < 1.29 is 9.53 Å². The first-order valence-corrected chi connectivity index (χ1v) is 9.86. The maximum absolute atomic E-state index is 12.3. The average Bonchev–Trinajstić information content (AvgIpc) is 2.95. The molecule has 1 amide bonds. The summed E-state index contributed by atoms with van der Waals surface area (Å²) in [7, 11) is 1.65. The van der Waals surface area contributed by atoms with Crippen molar-refractivity contribution in [3.63, 3.8) is 0 Å². The van der Waals surface area contributed by atoms with Gasteiger partial charge in [0, 0.05) is 29.2 Å². The first-order chi connectivity index (χ1) is 12.6. The van der Waals surface area contributed by atoms with Gasteiger partial charge in [-0.1, -0.05) is 57.1 Å². The van der Waals surface area contributed by atoms with Crippen molar-refractivity contribution in [2.24, 2.45) is 4.99 Å². The summed E-state index contributed by atoms with van der Waals surface area (Å²) in [6.07, 6.45) is 3.11. The molecule has 2 aromatic carbocycles. The van der Waals surface area contributed by atoms with E-state index in [0.29, 0.717) is 23.0 Å². The molecule has 0 bridgehead atoms. The van der Waals surface area contributed by atoms with Gasteiger partial charge >= 0.3 is 0 Å². The minimum atomic E-state index is -0.332. The molecule has 0 saturated heterocycles. The number of nitrogens with zero attached hydrogens (tertiary/aromatic N) is 2. The molecule has 3 aromatic rings. The fourth-order valence-electron chi connectivity index (χ4n) is 2.43. The van der Waals surface area contributed by atoms with Crippen LogP contribution < -0.4 is 4.80 Å². The van der Waals surface area contributed by atoms with Crippen LogP contribution in [0.1, 0.15) is 5.56 Å². The van der Waals surface area contributed by atoms with E-state index in [1.807, 2.05) is 41.0 Å². The maximum Gasteiger partial charge on any atom is 0.272 e. The number of hydrogen-bond acceptors (Lipinski definition) is 3. The van der Waals surface area contributed by atoms with Crippen LogP contribution in [0.25, 0.3) is 16.3 Å². The van der Waals surface area contributed by atoms with Crippen molar-refractivity contribution >= 4 is 61.1 Å². The van der Waals surface area contributed by atoms with Crippen LogP contribution in [-0.2, 0) is 16.1 Å². The molecule has 0 spiro atoms. The molecule has 134 valence electrons. The number of aromatic nitrogens is 1. The SMILES string of the molecule is COCCn1c(=NC(=O)C=Cc2ccccc2Cl)sc2cc(Br)ccc21. The summed E-state index contributed by atoms with van der Waals surface area (Å²) < 4.78 is 9.22. The molecule has 0 aliphatic carbocycles. The summed E-state index contributed by atoms with van der Waals surface area (Å²) in [4.78, 5) is 17.2. The molecular formula is C19H16BrClN2O2S. The standard InChI is InChI=1S/C19H16BrClN2O2S/c1-25-11-10-23-16-8-7-14(20)12-17(16)26-19(23)22-18(24)9-6-13-4-2-3-5-15(13)21/h2-9,12H,10-11H2,1H3. The number of halogens is 2. The van der Waals surface area contributed by atoms with E-state index < -0.39 is 0 Å². The summed E-state index contributed by atoms with van der Waals surface area (Å²) in [6, 6.07) is 13.4. The number of rotatable bonds is 5. The number of ether oxygens (including phenoxy) is 1. The Bertz CT molecular complexity index is 1040. The highest BCUT2D eigenvalue weighted by Crippen LogP contribution is 2.22. The first-order valence-electron chi connectivity index (χ1n) is 7.87. The number of carbonyl (C=O) groups is 1. The Morgan fingerprint density at radius 2 is 2.15 bits per heavy atom. The number of hydrogen-bond donors (Lipinski definition) is 0. The molecule has 26 heavy (non-hydrogen) atoms. The summed E-state index contributed by atoms with van der Waals surface area (Å²) in [6.45, 7) is 1.16. The summed E-state index contributed by atoms with van der Waals surface area (Å²) in [5.74, 6) is -0.332. The molecule has 1 heterocycles. The van der Waals surface area contributed by atoms with Crippen molar-refractivity contribution in [2.75, 3.05) is 13.7 Å². The van der Waals surface area contributed by atoms with E-state index >= 15 is 0 Å². The van der Waals surface area contributed by atoms with Crippen molar-refractivity contribution in [3.8, 4) is 0 Å². The predicted octanol–water partition coefficient (Wildman–Crippen LogP) is 4.91. The lowest BCUT2D eigenvalue weighted by molar-refractivity contribution is -0.113. The van der Waals surface area contributed by atoms with Crippen molar-refractivity contribution in [1.29, 1.82) is 0 Å². The van der Waals surface area contributed by atoms with Gasteiger partial charge in [-0.3, -0.25) is 4.79 Å². The molecule has 0 N–H and O–H groups in total. The Labute approximate surface area is 168 Å². The number of benzene rings is 2. The first kappa shape index (κ1) is 19.0. The molecule has 0 aliphatic rings. The Morgan fingerprint density at radius 1 is 1.35 bits per heavy atom. The second-order valence-electron chi connectivity index (χ2n) is 5.45. The second-order valence-corrected chi connectivity index (χ2v) is 7.78. The molecular weight excluding hydrogens is 436 g/mol. The average molecular weight is 452 g/mol. The summed E-state index contributed by atoms with van der Waals surface area (Å²) in [5.41, 5.74) is 1.81. The number of methoxy groups -OCH3 is 1. The van der Waals surface area contributed by atoms with Crippen LogP contribution in [0, 0.1) is 0 Å². The van der Waals surface area contributed by atoms with Crippen LogP contribution in [0.15, 0.2) is 58.0 Å². The lowest BCUT2D eigenvalue weighted by atomic mass is 10.2. The fraction of sp³-hybridized carbons (Fsp3) is 0.158. The van der Waals surface area contributed by atoms with E-state index in [2.05, 4.69) is 20.9 Å². The van der Waals surface area contributed by atoms with Gasteiger partial charge in [0.15, 0.2) is 4.80 Å². The van der Waals surface area contributed by atoms with E-state index in [4.69, 9.17) is 16.3 Å². The number of thiazole rings is 1. The highest BCUT2D eigenvalue weighted by molar-refractivity contribution is 9.10. The number of carbonyl (C=O) groups excluding carboxylic acids is 1. The van der Waals surface area contributed by atoms with E-state index in [9.17, 15) is 4.79 Å². The smallest absolute Gasteiger partial charge is 0.272 e. The highest BCUT2D eigenvalue weighted by atomic mass is 79.9. The Morgan fingerprint density at radius 3 is 2.92 bits per heavy atom. The summed E-state index contributed by atoms with van der Waals surface area (Å²) in [5, 5.41) is 0.596. The van der Waals surface area contributed by atoms with Gasteiger partial charge in [0.2, 0.25) is 0 Å². The molecule has 0 atom stereocenters. The van der Waals surface area contributed by atoms with Gasteiger partial charge in [-0.05, 0) is 35.9 Å². The lowest BCUT2D eigenvalue weighted by Gasteiger charge is -2.03. The summed E-state index contributed by atoms with van der Waals surface area (Å²) >= 11 is 11.1. The Hall–Kier alpha value is -1.73. The molecule has 0 unspecified atom stereocenters. The Balaban J connectivity index is 1.97. The molecule has 1 aromatic heterocycles. The molecule has 0 radical (unpaired) electrons. The zero-order valence-electron chi connectivity index (χ0n) is 14.0. The van der Waals surface area contributed by atoms with Crippen LogP contribution in [0.3, 0.4) is 0 Å². The van der Waals surface area contributed by atoms with Crippen LogP contribution in [0.2, 0.25) is 5.02 Å². The van der Waals surface area contributed by atoms with Crippen LogP contribution in [0.5, 0.6) is 0 Å². The van der Waals surface area contributed by atoms with Gasteiger partial charge in [0.25, 0.3) is 5.91 Å². The molecule has 4 nitrogen and oxygen atoms in total. The molecule has 7 heteroatoms. The van der Waals surface area contributed by atoms with Gasteiger partial charge in [-0.15, -0.1) is 0 Å². The van der Waals surface area contributed by atoms with Crippen LogP contribution in [0.4, 0.5) is 0 Å². The monoisotopic (exact) mass is 450 g/mol. The second kappa shape index (κ2) is 8.77. The van der Waals surface area contributed by atoms with E-state index in [1.165, 1.54) is 17.4 Å². The minimum Gasteiger partial charge on any atom is -0.383 e. The highest BCUT2D eigenvalue weighted by Gasteiger charge is 2.07. The van der Waals surface area contributed by atoms with Gasteiger partial charge < -0.3 is 9.30 Å². The van der Waals surface area contributed by atoms with E-state index in [0.717, 1.165) is 20.3 Å². The van der Waals surface area contributed by atoms with Gasteiger partial charge in [0.1, 0.15) is 0 Å². The Kier molecular flexibility index (Phi) is 6.43. The zero-order chi connectivity index (χ0) is 18.5. The molecule has 0 aliphatic heterocycles. The molecule has 3 rings (SSSR count). The van der Waals surface area contributed by atoms with Crippen molar-refractivity contribution in [2.45, 2.75) is 6.54 Å². The molecule has 0 fully saturated rings. The third-order valence-corrected chi connectivity index (χ3v) is 5.56. The third-order valence-electron chi connectivity index (χ3n) is 3.68. The van der Waals surface area contributed by atoms with Crippen molar-refractivity contribution in [3.05, 3.63) is 68.4 Å². The fourth-order valence-corrected chi connectivity index (χ4v) is 4.25. The largest absolute Gasteiger partial charge is 0.383 e. The third kappa shape index (κ3) is 4.51. The quantitative estimate of drug-likeness (QED) is 0.518. The normalized spacial score (nSPS) is 12.3. The minimum absolute atomic E-state index is 0.332. The zero-order valence-corrected chi connectivity index (χ0v) is 17.1. The van der Waals surface area contributed by atoms with Gasteiger partial charge in [-0.2, -0.15) is 4.99 Å². The number of fused-ring (bicyclic) bond motifs is 1. The van der Waals surface area contributed by atoms with E-state index in [1.54, 1.807) is 19.3 Å². The maximum atomic E-state index is 12.3. The van der Waals surface area contributed by atoms with Crippen LogP contribution in [-0.4, -0.2) is 24.2 Å².